The zero-order chi connectivity index (χ0) is 9.10. The molecule has 13 heavy (non-hydrogen) atoms. The molecule has 0 amide bonds. The van der Waals surface area contributed by atoms with Crippen LogP contribution in [0.1, 0.15) is 11.3 Å². The van der Waals surface area contributed by atoms with Gasteiger partial charge in [0.15, 0.2) is 0 Å². The Balaban J connectivity index is 1.93. The molecule has 0 radical (unpaired) electrons. The molecule has 0 aromatic carbocycles. The van der Waals surface area contributed by atoms with Gasteiger partial charge in [0.1, 0.15) is 0 Å². The van der Waals surface area contributed by atoms with Crippen LogP contribution in [0.25, 0.3) is 0 Å². The minimum atomic E-state index is 0.232. The SMILES string of the molecule is NC1COCCC1Cc1cccs1. The second-order valence-corrected chi connectivity index (χ2v) is 4.60. The van der Waals surface area contributed by atoms with E-state index >= 15 is 0 Å². The van der Waals surface area contributed by atoms with Crippen LogP contribution < -0.4 is 5.73 Å². The molecule has 2 N–H and O–H groups in total. The molecule has 1 aromatic rings. The molecular weight excluding hydrogens is 182 g/mol. The van der Waals surface area contributed by atoms with Crippen molar-refractivity contribution in [3.05, 3.63) is 22.4 Å². The Morgan fingerprint density at radius 3 is 3.23 bits per heavy atom. The largest absolute Gasteiger partial charge is 0.380 e. The van der Waals surface area contributed by atoms with Gasteiger partial charge in [-0.15, -0.1) is 11.3 Å². The fourth-order valence-electron chi connectivity index (χ4n) is 1.74. The van der Waals surface area contributed by atoms with E-state index in [1.54, 1.807) is 0 Å². The van der Waals surface area contributed by atoms with Crippen molar-refractivity contribution in [2.45, 2.75) is 18.9 Å². The number of nitrogens with two attached hydrogens (primary N) is 1. The van der Waals surface area contributed by atoms with Gasteiger partial charge < -0.3 is 10.5 Å². The van der Waals surface area contributed by atoms with E-state index in [1.165, 1.54) is 4.88 Å². The number of hydrogen-bond acceptors (Lipinski definition) is 3. The normalized spacial score (nSPS) is 29.0. The molecule has 1 aliphatic rings. The first-order valence-corrected chi connectivity index (χ1v) is 5.60. The van der Waals surface area contributed by atoms with E-state index in [0.717, 1.165) is 26.1 Å². The molecule has 2 heterocycles. The van der Waals surface area contributed by atoms with E-state index in [-0.39, 0.29) is 6.04 Å². The summed E-state index contributed by atoms with van der Waals surface area (Å²) in [5.41, 5.74) is 5.98. The number of hydrogen-bond donors (Lipinski definition) is 1. The maximum Gasteiger partial charge on any atom is 0.0620 e. The van der Waals surface area contributed by atoms with Crippen LogP contribution in [0.4, 0.5) is 0 Å². The molecule has 3 heteroatoms. The summed E-state index contributed by atoms with van der Waals surface area (Å²) in [6, 6.07) is 4.52. The number of thiophene rings is 1. The van der Waals surface area contributed by atoms with E-state index < -0.39 is 0 Å². The predicted octanol–water partition coefficient (Wildman–Crippen LogP) is 1.65. The first kappa shape index (κ1) is 9.19. The Hall–Kier alpha value is -0.380. The molecule has 0 aliphatic carbocycles. The van der Waals surface area contributed by atoms with Crippen LogP contribution in [0.15, 0.2) is 17.5 Å². The molecule has 0 spiro atoms. The average Bonchev–Trinajstić information content (AvgIpc) is 2.61. The summed E-state index contributed by atoms with van der Waals surface area (Å²) >= 11 is 1.82. The van der Waals surface area contributed by atoms with E-state index in [9.17, 15) is 0 Å². The van der Waals surface area contributed by atoms with Gasteiger partial charge in [0.2, 0.25) is 0 Å². The van der Waals surface area contributed by atoms with Crippen molar-refractivity contribution < 1.29 is 4.74 Å². The second-order valence-electron chi connectivity index (χ2n) is 3.57. The smallest absolute Gasteiger partial charge is 0.0620 e. The van der Waals surface area contributed by atoms with Gasteiger partial charge in [0, 0.05) is 17.5 Å². The summed E-state index contributed by atoms with van der Waals surface area (Å²) in [6.45, 7) is 1.61. The van der Waals surface area contributed by atoms with Gasteiger partial charge in [0.25, 0.3) is 0 Å². The van der Waals surface area contributed by atoms with Crippen molar-refractivity contribution in [1.82, 2.24) is 0 Å². The summed E-state index contributed by atoms with van der Waals surface area (Å²) in [5.74, 6) is 0.618. The number of ether oxygens (including phenoxy) is 1. The average molecular weight is 197 g/mol. The molecule has 1 fully saturated rings. The van der Waals surface area contributed by atoms with Crippen LogP contribution in [0.2, 0.25) is 0 Å². The fourth-order valence-corrected chi connectivity index (χ4v) is 2.54. The Morgan fingerprint density at radius 1 is 1.62 bits per heavy atom. The van der Waals surface area contributed by atoms with Gasteiger partial charge in [-0.05, 0) is 30.2 Å². The summed E-state index contributed by atoms with van der Waals surface area (Å²) in [6.07, 6.45) is 2.24. The first-order chi connectivity index (χ1) is 6.36. The van der Waals surface area contributed by atoms with Gasteiger partial charge in [-0.2, -0.15) is 0 Å². The van der Waals surface area contributed by atoms with Crippen LogP contribution in [-0.2, 0) is 11.2 Å². The maximum atomic E-state index is 5.98. The molecule has 0 saturated carbocycles. The predicted molar refractivity (Wildman–Crippen MR) is 54.9 cm³/mol. The molecule has 0 bridgehead atoms. The fraction of sp³-hybridized carbons (Fsp3) is 0.600. The molecule has 72 valence electrons. The van der Waals surface area contributed by atoms with Gasteiger partial charge >= 0.3 is 0 Å². The lowest BCUT2D eigenvalue weighted by Crippen LogP contribution is -2.40. The van der Waals surface area contributed by atoms with Crippen molar-refractivity contribution in [3.63, 3.8) is 0 Å². The third-order valence-electron chi connectivity index (χ3n) is 2.59. The molecule has 2 nitrogen and oxygen atoms in total. The van der Waals surface area contributed by atoms with Crippen LogP contribution >= 0.6 is 11.3 Å². The lowest BCUT2D eigenvalue weighted by atomic mass is 9.92. The van der Waals surface area contributed by atoms with Crippen LogP contribution in [0.5, 0.6) is 0 Å². The minimum Gasteiger partial charge on any atom is -0.380 e. The van der Waals surface area contributed by atoms with E-state index in [1.807, 2.05) is 11.3 Å². The van der Waals surface area contributed by atoms with Crippen molar-refractivity contribution in [2.24, 2.45) is 11.7 Å². The topological polar surface area (TPSA) is 35.2 Å². The Kier molecular flexibility index (Phi) is 2.98. The summed E-state index contributed by atoms with van der Waals surface area (Å²) in [4.78, 5) is 1.45. The third-order valence-corrected chi connectivity index (χ3v) is 3.49. The minimum absolute atomic E-state index is 0.232. The third kappa shape index (κ3) is 2.30. The highest BCUT2D eigenvalue weighted by Crippen LogP contribution is 2.21. The lowest BCUT2D eigenvalue weighted by molar-refractivity contribution is 0.0495. The molecule has 1 saturated heterocycles. The first-order valence-electron chi connectivity index (χ1n) is 4.72. The second kappa shape index (κ2) is 4.22. The Bertz CT molecular complexity index is 247. The van der Waals surface area contributed by atoms with E-state index in [0.29, 0.717) is 5.92 Å². The Morgan fingerprint density at radius 2 is 2.54 bits per heavy atom. The summed E-state index contributed by atoms with van der Waals surface area (Å²) in [5, 5.41) is 2.13. The van der Waals surface area contributed by atoms with Gasteiger partial charge in [-0.1, -0.05) is 6.07 Å². The monoisotopic (exact) mass is 197 g/mol. The molecule has 2 atom stereocenters. The van der Waals surface area contributed by atoms with Crippen molar-refractivity contribution in [3.8, 4) is 0 Å². The van der Waals surface area contributed by atoms with Crippen LogP contribution in [-0.4, -0.2) is 19.3 Å². The van der Waals surface area contributed by atoms with Crippen LogP contribution in [0.3, 0.4) is 0 Å². The zero-order valence-corrected chi connectivity index (χ0v) is 8.43. The van der Waals surface area contributed by atoms with Crippen molar-refractivity contribution in [1.29, 1.82) is 0 Å². The van der Waals surface area contributed by atoms with E-state index in [2.05, 4.69) is 17.5 Å². The van der Waals surface area contributed by atoms with Crippen molar-refractivity contribution >= 4 is 11.3 Å². The highest BCUT2D eigenvalue weighted by Gasteiger charge is 2.22. The molecule has 1 aromatic heterocycles. The summed E-state index contributed by atoms with van der Waals surface area (Å²) in [7, 11) is 0. The highest BCUT2D eigenvalue weighted by atomic mass is 32.1. The molecule has 1 aliphatic heterocycles. The Labute approximate surface area is 82.7 Å². The molecule has 2 rings (SSSR count). The van der Waals surface area contributed by atoms with Gasteiger partial charge in [-0.25, -0.2) is 0 Å². The van der Waals surface area contributed by atoms with Crippen LogP contribution in [0, 0.1) is 5.92 Å². The zero-order valence-electron chi connectivity index (χ0n) is 7.61. The van der Waals surface area contributed by atoms with Gasteiger partial charge in [-0.3, -0.25) is 0 Å². The molecule has 2 unspecified atom stereocenters. The highest BCUT2D eigenvalue weighted by molar-refractivity contribution is 7.09. The van der Waals surface area contributed by atoms with Gasteiger partial charge in [0.05, 0.1) is 6.61 Å². The molecular formula is C10H15NOS. The quantitative estimate of drug-likeness (QED) is 0.782. The van der Waals surface area contributed by atoms with E-state index in [4.69, 9.17) is 10.5 Å². The maximum absolute atomic E-state index is 5.98. The summed E-state index contributed by atoms with van der Waals surface area (Å²) < 4.78 is 5.31. The van der Waals surface area contributed by atoms with Crippen molar-refractivity contribution in [2.75, 3.05) is 13.2 Å². The lowest BCUT2D eigenvalue weighted by Gasteiger charge is -2.28. The standard InChI is InChI=1S/C10H15NOS/c11-10-7-12-4-3-8(10)6-9-2-1-5-13-9/h1-2,5,8,10H,3-4,6-7,11H2. The number of rotatable bonds is 2.